The number of carbonyl (C=O) groups is 2. The lowest BCUT2D eigenvalue weighted by atomic mass is 9.94. The number of aryl methyl sites for hydroxylation is 1. The SMILES string of the molecule is CC(C)(C)OC(=O)N1CCC(CCn2cnc3ncc(C(=O)Nc4ccc(C(F)(F)F)cc4)c(Cl)c32)CC1. The summed E-state index contributed by atoms with van der Waals surface area (Å²) in [6.07, 6.45) is 0.680. The minimum atomic E-state index is -4.46. The molecule has 0 unspecified atom stereocenters. The summed E-state index contributed by atoms with van der Waals surface area (Å²) in [5.41, 5.74) is -0.149. The molecule has 0 atom stereocenters. The first-order valence-corrected chi connectivity index (χ1v) is 12.7. The van der Waals surface area contributed by atoms with Crippen LogP contribution in [0.2, 0.25) is 5.02 Å². The maximum absolute atomic E-state index is 12.8. The van der Waals surface area contributed by atoms with Crippen LogP contribution in [0.4, 0.5) is 23.7 Å². The van der Waals surface area contributed by atoms with Crippen LogP contribution in [0.3, 0.4) is 0 Å². The van der Waals surface area contributed by atoms with Crippen LogP contribution in [0.1, 0.15) is 56.0 Å². The first-order chi connectivity index (χ1) is 17.8. The predicted molar refractivity (Wildman–Crippen MR) is 137 cm³/mol. The van der Waals surface area contributed by atoms with E-state index in [2.05, 4.69) is 15.3 Å². The zero-order chi connectivity index (χ0) is 27.7. The fraction of sp³-hybridized carbons (Fsp3) is 0.462. The number of fused-ring (bicyclic) bond motifs is 1. The van der Waals surface area contributed by atoms with E-state index >= 15 is 0 Å². The van der Waals surface area contributed by atoms with Crippen LogP contribution in [-0.4, -0.2) is 50.1 Å². The molecule has 1 fully saturated rings. The molecule has 0 saturated carbocycles. The van der Waals surface area contributed by atoms with Gasteiger partial charge in [-0.15, -0.1) is 0 Å². The summed E-state index contributed by atoms with van der Waals surface area (Å²) in [5.74, 6) is -0.199. The highest BCUT2D eigenvalue weighted by Gasteiger charge is 2.30. The predicted octanol–water partition coefficient (Wildman–Crippen LogP) is 6.39. The van der Waals surface area contributed by atoms with Gasteiger partial charge in [0, 0.05) is 31.5 Å². The van der Waals surface area contributed by atoms with E-state index in [-0.39, 0.29) is 22.4 Å². The molecule has 4 rings (SSSR count). The molecule has 2 aromatic heterocycles. The van der Waals surface area contributed by atoms with Crippen molar-refractivity contribution < 1.29 is 27.5 Å². The number of likely N-dealkylation sites (tertiary alicyclic amines) is 1. The van der Waals surface area contributed by atoms with Gasteiger partial charge in [-0.25, -0.2) is 14.8 Å². The Bertz CT molecular complexity index is 1310. The van der Waals surface area contributed by atoms with Crippen molar-refractivity contribution in [2.45, 2.75) is 58.4 Å². The van der Waals surface area contributed by atoms with Crippen molar-refractivity contribution >= 4 is 40.5 Å². The second-order valence-corrected chi connectivity index (χ2v) is 10.7. The van der Waals surface area contributed by atoms with Crippen LogP contribution < -0.4 is 5.32 Å². The number of pyridine rings is 1. The number of ether oxygens (including phenoxy) is 1. The second-order valence-electron chi connectivity index (χ2n) is 10.3. The van der Waals surface area contributed by atoms with Crippen molar-refractivity contribution in [3.05, 3.63) is 52.9 Å². The summed E-state index contributed by atoms with van der Waals surface area (Å²) in [5, 5.41) is 2.73. The van der Waals surface area contributed by atoms with E-state index in [1.807, 2.05) is 25.3 Å². The van der Waals surface area contributed by atoms with Gasteiger partial charge in [0.1, 0.15) is 11.1 Å². The Kier molecular flexibility index (Phi) is 7.87. The fourth-order valence-corrected chi connectivity index (χ4v) is 4.65. The van der Waals surface area contributed by atoms with Gasteiger partial charge in [0.15, 0.2) is 5.65 Å². The molecule has 204 valence electrons. The Balaban J connectivity index is 1.39. The number of benzene rings is 1. The van der Waals surface area contributed by atoms with Gasteiger partial charge in [0.2, 0.25) is 0 Å². The molecule has 3 aromatic rings. The third-order valence-corrected chi connectivity index (χ3v) is 6.72. The maximum Gasteiger partial charge on any atom is 0.416 e. The van der Waals surface area contributed by atoms with Gasteiger partial charge in [-0.3, -0.25) is 4.79 Å². The van der Waals surface area contributed by atoms with Gasteiger partial charge in [0.05, 0.1) is 22.5 Å². The average Bonchev–Trinajstić information content (AvgIpc) is 3.26. The van der Waals surface area contributed by atoms with Crippen molar-refractivity contribution in [3.8, 4) is 0 Å². The number of rotatable bonds is 5. The molecule has 8 nitrogen and oxygen atoms in total. The number of alkyl halides is 3. The van der Waals surface area contributed by atoms with Crippen LogP contribution in [0, 0.1) is 5.92 Å². The molecule has 0 radical (unpaired) electrons. The Labute approximate surface area is 223 Å². The lowest BCUT2D eigenvalue weighted by Gasteiger charge is -2.33. The number of nitrogens with zero attached hydrogens (tertiary/aromatic N) is 4. The maximum atomic E-state index is 12.8. The zero-order valence-corrected chi connectivity index (χ0v) is 22.1. The van der Waals surface area contributed by atoms with Gasteiger partial charge in [-0.2, -0.15) is 13.2 Å². The van der Waals surface area contributed by atoms with Crippen molar-refractivity contribution in [1.82, 2.24) is 19.4 Å². The van der Waals surface area contributed by atoms with Gasteiger partial charge >= 0.3 is 12.3 Å². The number of carbonyl (C=O) groups excluding carboxylic acids is 2. The number of anilines is 1. The molecule has 0 spiro atoms. The normalized spacial score (nSPS) is 15.1. The van der Waals surface area contributed by atoms with Gasteiger partial charge in [-0.05, 0) is 70.2 Å². The van der Waals surface area contributed by atoms with Crippen LogP contribution >= 0.6 is 11.6 Å². The van der Waals surface area contributed by atoms with Crippen LogP contribution in [0.25, 0.3) is 11.2 Å². The molecule has 38 heavy (non-hydrogen) atoms. The van der Waals surface area contributed by atoms with Crippen molar-refractivity contribution in [3.63, 3.8) is 0 Å². The molecular weight excluding hydrogens is 523 g/mol. The van der Waals surface area contributed by atoms with E-state index in [4.69, 9.17) is 16.3 Å². The number of imidazole rings is 1. The second kappa shape index (κ2) is 10.8. The number of piperidine rings is 1. The summed E-state index contributed by atoms with van der Waals surface area (Å²) in [4.78, 5) is 35.4. The number of hydrogen-bond donors (Lipinski definition) is 1. The number of hydrogen-bond acceptors (Lipinski definition) is 5. The molecule has 1 aliphatic heterocycles. The van der Waals surface area contributed by atoms with Gasteiger partial charge in [0.25, 0.3) is 5.91 Å². The van der Waals surface area contributed by atoms with Crippen LogP contribution in [-0.2, 0) is 17.5 Å². The third kappa shape index (κ3) is 6.56. The Hall–Kier alpha value is -3.34. The summed E-state index contributed by atoms with van der Waals surface area (Å²) >= 11 is 6.59. The highest BCUT2D eigenvalue weighted by molar-refractivity contribution is 6.38. The Morgan fingerprint density at radius 2 is 1.76 bits per heavy atom. The Morgan fingerprint density at radius 1 is 1.11 bits per heavy atom. The fourth-order valence-electron chi connectivity index (χ4n) is 4.32. The highest BCUT2D eigenvalue weighted by Crippen LogP contribution is 2.31. The smallest absolute Gasteiger partial charge is 0.416 e. The molecule has 3 heterocycles. The average molecular weight is 552 g/mol. The van der Waals surface area contributed by atoms with E-state index in [0.29, 0.717) is 36.7 Å². The molecule has 1 N–H and O–H groups in total. The quantitative estimate of drug-likeness (QED) is 0.397. The summed E-state index contributed by atoms with van der Waals surface area (Å²) < 4.78 is 45.7. The van der Waals surface area contributed by atoms with Gasteiger partial charge < -0.3 is 19.5 Å². The number of aromatic nitrogens is 3. The number of nitrogens with one attached hydrogen (secondary N) is 1. The first-order valence-electron chi connectivity index (χ1n) is 12.3. The van der Waals surface area contributed by atoms with E-state index < -0.39 is 23.2 Å². The standard InChI is InChI=1S/C26H29ClF3N5O3/c1-25(2,3)38-24(37)34-11-8-16(9-12-34)10-13-35-15-32-22-21(35)20(27)19(14-31-22)23(36)33-18-6-4-17(5-7-18)26(28,29)30/h4-7,14-16H,8-13H2,1-3H3,(H,33,36). The topological polar surface area (TPSA) is 89.3 Å². The Morgan fingerprint density at radius 3 is 2.37 bits per heavy atom. The summed E-state index contributed by atoms with van der Waals surface area (Å²) in [6.45, 7) is 7.38. The summed E-state index contributed by atoms with van der Waals surface area (Å²) in [6, 6.07) is 4.15. The number of halogens is 4. The van der Waals surface area contributed by atoms with Crippen molar-refractivity contribution in [1.29, 1.82) is 0 Å². The lowest BCUT2D eigenvalue weighted by Crippen LogP contribution is -2.41. The summed E-state index contributed by atoms with van der Waals surface area (Å²) in [7, 11) is 0. The molecule has 0 bridgehead atoms. The lowest BCUT2D eigenvalue weighted by molar-refractivity contribution is -0.137. The van der Waals surface area contributed by atoms with E-state index in [0.717, 1.165) is 31.4 Å². The molecular formula is C26H29ClF3N5O3. The highest BCUT2D eigenvalue weighted by atomic mass is 35.5. The monoisotopic (exact) mass is 551 g/mol. The van der Waals surface area contributed by atoms with E-state index in [1.165, 1.54) is 18.3 Å². The van der Waals surface area contributed by atoms with Gasteiger partial charge in [-0.1, -0.05) is 11.6 Å². The van der Waals surface area contributed by atoms with Crippen molar-refractivity contribution in [2.75, 3.05) is 18.4 Å². The van der Waals surface area contributed by atoms with Crippen LogP contribution in [0.5, 0.6) is 0 Å². The molecule has 1 aliphatic rings. The van der Waals surface area contributed by atoms with E-state index in [1.54, 1.807) is 11.2 Å². The zero-order valence-electron chi connectivity index (χ0n) is 21.3. The molecule has 1 saturated heterocycles. The first kappa shape index (κ1) is 27.7. The largest absolute Gasteiger partial charge is 0.444 e. The molecule has 2 amide bonds. The molecule has 12 heteroatoms. The van der Waals surface area contributed by atoms with Crippen molar-refractivity contribution in [2.24, 2.45) is 5.92 Å². The molecule has 0 aliphatic carbocycles. The minimum Gasteiger partial charge on any atom is -0.444 e. The molecule has 1 aromatic carbocycles. The van der Waals surface area contributed by atoms with E-state index in [9.17, 15) is 22.8 Å². The number of amides is 2. The van der Waals surface area contributed by atoms with Crippen LogP contribution in [0.15, 0.2) is 36.8 Å². The third-order valence-electron chi connectivity index (χ3n) is 6.34. The minimum absolute atomic E-state index is 0.0893.